The molecule has 2 fully saturated rings. The molecule has 5 heteroatoms. The molecule has 0 aromatic heterocycles. The van der Waals surface area contributed by atoms with Crippen LogP contribution in [0.15, 0.2) is 54.1 Å². The lowest BCUT2D eigenvalue weighted by Gasteiger charge is -2.31. The largest absolute Gasteiger partial charge is 0.507 e. The number of amides is 1. The molecule has 0 spiro atoms. The summed E-state index contributed by atoms with van der Waals surface area (Å²) in [6.45, 7) is 6.67. The third-order valence-electron chi connectivity index (χ3n) is 6.25. The van der Waals surface area contributed by atoms with E-state index in [2.05, 4.69) is 13.8 Å². The zero-order valence-electron chi connectivity index (χ0n) is 19.0. The Labute approximate surface area is 189 Å². The van der Waals surface area contributed by atoms with Gasteiger partial charge in [-0.1, -0.05) is 68.7 Å². The van der Waals surface area contributed by atoms with Gasteiger partial charge in [-0.05, 0) is 43.4 Å². The minimum Gasteiger partial charge on any atom is -0.507 e. The first-order valence-electron chi connectivity index (χ1n) is 11.5. The molecule has 0 bridgehead atoms. The van der Waals surface area contributed by atoms with Gasteiger partial charge in [0, 0.05) is 11.6 Å². The summed E-state index contributed by atoms with van der Waals surface area (Å²) in [6.07, 6.45) is 3.86. The predicted octanol–water partition coefficient (Wildman–Crippen LogP) is 5.39. The van der Waals surface area contributed by atoms with Crippen LogP contribution in [0.4, 0.5) is 0 Å². The first-order chi connectivity index (χ1) is 15.4. The van der Waals surface area contributed by atoms with Gasteiger partial charge in [0.05, 0.1) is 18.2 Å². The molecule has 5 nitrogen and oxygen atoms in total. The predicted molar refractivity (Wildman–Crippen MR) is 124 cm³/mol. The van der Waals surface area contributed by atoms with E-state index < -0.39 is 17.7 Å². The zero-order valence-corrected chi connectivity index (χ0v) is 19.0. The van der Waals surface area contributed by atoms with Crippen LogP contribution in [0, 0.1) is 12.8 Å². The second-order valence-electron chi connectivity index (χ2n) is 9.29. The number of carbonyl (C=O) groups is 2. The minimum atomic E-state index is -0.616. The van der Waals surface area contributed by atoms with Gasteiger partial charge in [0.1, 0.15) is 11.5 Å². The molecule has 168 valence electrons. The van der Waals surface area contributed by atoms with Gasteiger partial charge in [0.25, 0.3) is 11.7 Å². The van der Waals surface area contributed by atoms with Crippen molar-refractivity contribution in [1.82, 2.24) is 4.90 Å². The van der Waals surface area contributed by atoms with Gasteiger partial charge in [-0.3, -0.25) is 9.59 Å². The standard InChI is InChI=1S/C27H31NO4/c1-17(2)16-32-22-13-7-10-20(15-22)25(29)23-24(19-9-6-8-18(3)14-19)28(27(31)26(23)30)21-11-4-5-12-21/h6-10,13-15,17,21,24,29H,4-5,11-12,16H2,1-3H3/b25-23-. The number of hydrogen-bond acceptors (Lipinski definition) is 4. The van der Waals surface area contributed by atoms with E-state index in [9.17, 15) is 14.7 Å². The molecule has 1 saturated carbocycles. The Bertz CT molecular complexity index is 1050. The molecule has 0 radical (unpaired) electrons. The highest BCUT2D eigenvalue weighted by Crippen LogP contribution is 2.43. The van der Waals surface area contributed by atoms with Crippen molar-refractivity contribution in [2.45, 2.75) is 58.5 Å². The molecule has 1 heterocycles. The molecule has 1 saturated heterocycles. The summed E-state index contributed by atoms with van der Waals surface area (Å²) in [5.74, 6) is -0.290. The van der Waals surface area contributed by atoms with Crippen LogP contribution in [0.25, 0.3) is 5.76 Å². The number of carbonyl (C=O) groups excluding carboxylic acids is 2. The first kappa shape index (κ1) is 22.1. The van der Waals surface area contributed by atoms with E-state index in [4.69, 9.17) is 4.74 Å². The summed E-state index contributed by atoms with van der Waals surface area (Å²) in [4.78, 5) is 28.1. The Morgan fingerprint density at radius 2 is 1.81 bits per heavy atom. The molecule has 1 unspecified atom stereocenters. The van der Waals surface area contributed by atoms with Crippen molar-refractivity contribution in [2.75, 3.05) is 6.61 Å². The molecule has 2 aromatic carbocycles. The topological polar surface area (TPSA) is 66.8 Å². The molecule has 2 aromatic rings. The van der Waals surface area contributed by atoms with Gasteiger partial charge in [0.2, 0.25) is 0 Å². The lowest BCUT2D eigenvalue weighted by Crippen LogP contribution is -2.37. The number of nitrogens with zero attached hydrogens (tertiary/aromatic N) is 1. The molecular formula is C27H31NO4. The number of ether oxygens (including phenoxy) is 1. The third-order valence-corrected chi connectivity index (χ3v) is 6.25. The van der Waals surface area contributed by atoms with Gasteiger partial charge in [0.15, 0.2) is 0 Å². The van der Waals surface area contributed by atoms with E-state index in [1.54, 1.807) is 23.1 Å². The average Bonchev–Trinajstić information content (AvgIpc) is 3.39. The minimum absolute atomic E-state index is 0.0166. The molecule has 4 rings (SSSR count). The van der Waals surface area contributed by atoms with Crippen molar-refractivity contribution in [1.29, 1.82) is 0 Å². The monoisotopic (exact) mass is 433 g/mol. The van der Waals surface area contributed by atoms with Crippen LogP contribution < -0.4 is 4.74 Å². The molecule has 32 heavy (non-hydrogen) atoms. The van der Waals surface area contributed by atoms with Crippen LogP contribution in [0.3, 0.4) is 0 Å². The maximum atomic E-state index is 13.2. The number of benzene rings is 2. The van der Waals surface area contributed by atoms with E-state index in [1.807, 2.05) is 37.3 Å². The lowest BCUT2D eigenvalue weighted by molar-refractivity contribution is -0.141. The van der Waals surface area contributed by atoms with Crippen molar-refractivity contribution in [3.8, 4) is 5.75 Å². The van der Waals surface area contributed by atoms with Crippen LogP contribution in [0.1, 0.15) is 62.3 Å². The number of likely N-dealkylation sites (tertiary alicyclic amines) is 1. The van der Waals surface area contributed by atoms with E-state index >= 15 is 0 Å². The summed E-state index contributed by atoms with van der Waals surface area (Å²) in [5, 5.41) is 11.3. The molecule has 1 aliphatic heterocycles. The highest BCUT2D eigenvalue weighted by Gasteiger charge is 2.49. The van der Waals surface area contributed by atoms with E-state index in [-0.39, 0.29) is 17.4 Å². The lowest BCUT2D eigenvalue weighted by atomic mass is 9.93. The summed E-state index contributed by atoms with van der Waals surface area (Å²) in [6, 6.07) is 14.4. The quantitative estimate of drug-likeness (QED) is 0.377. The number of ketones is 1. The number of aliphatic hydroxyl groups excluding tert-OH is 1. The van der Waals surface area contributed by atoms with Crippen LogP contribution in [0.2, 0.25) is 0 Å². The van der Waals surface area contributed by atoms with Crippen LogP contribution in [0.5, 0.6) is 5.75 Å². The van der Waals surface area contributed by atoms with Gasteiger partial charge in [-0.25, -0.2) is 0 Å². The number of aryl methyl sites for hydroxylation is 1. The van der Waals surface area contributed by atoms with Gasteiger partial charge in [-0.2, -0.15) is 0 Å². The highest BCUT2D eigenvalue weighted by atomic mass is 16.5. The van der Waals surface area contributed by atoms with Crippen molar-refractivity contribution < 1.29 is 19.4 Å². The molecular weight excluding hydrogens is 402 g/mol. The number of Topliss-reactive ketones (excluding diaryl/α,β-unsaturated/α-hetero) is 1. The fourth-order valence-electron chi connectivity index (χ4n) is 4.73. The SMILES string of the molecule is Cc1cccc(C2/C(=C(/O)c3cccc(OCC(C)C)c3)C(=O)C(=O)N2C2CCCC2)c1. The van der Waals surface area contributed by atoms with Gasteiger partial charge < -0.3 is 14.7 Å². The molecule has 1 amide bonds. The average molecular weight is 434 g/mol. The van der Waals surface area contributed by atoms with Crippen molar-refractivity contribution in [3.05, 3.63) is 70.8 Å². The van der Waals surface area contributed by atoms with Crippen molar-refractivity contribution in [2.24, 2.45) is 5.92 Å². The zero-order chi connectivity index (χ0) is 22.8. The Morgan fingerprint density at radius 1 is 1.09 bits per heavy atom. The Hall–Kier alpha value is -3.08. The summed E-state index contributed by atoms with van der Waals surface area (Å²) < 4.78 is 5.80. The fourth-order valence-corrected chi connectivity index (χ4v) is 4.73. The van der Waals surface area contributed by atoms with E-state index in [1.165, 1.54) is 0 Å². The summed E-state index contributed by atoms with van der Waals surface area (Å²) in [7, 11) is 0. The van der Waals surface area contributed by atoms with Crippen LogP contribution in [-0.2, 0) is 9.59 Å². The molecule has 1 N–H and O–H groups in total. The van der Waals surface area contributed by atoms with Gasteiger partial charge >= 0.3 is 0 Å². The summed E-state index contributed by atoms with van der Waals surface area (Å²) >= 11 is 0. The second kappa shape index (κ2) is 9.19. The third kappa shape index (κ3) is 4.29. The number of rotatable bonds is 6. The normalized spacial score (nSPS) is 21.0. The maximum Gasteiger partial charge on any atom is 0.295 e. The van der Waals surface area contributed by atoms with Crippen molar-refractivity contribution in [3.63, 3.8) is 0 Å². The Kier molecular flexibility index (Phi) is 6.35. The molecule has 1 aliphatic carbocycles. The highest BCUT2D eigenvalue weighted by molar-refractivity contribution is 6.46. The second-order valence-corrected chi connectivity index (χ2v) is 9.29. The Balaban J connectivity index is 1.81. The van der Waals surface area contributed by atoms with E-state index in [0.717, 1.165) is 36.8 Å². The van der Waals surface area contributed by atoms with E-state index in [0.29, 0.717) is 23.8 Å². The van der Waals surface area contributed by atoms with Crippen LogP contribution in [-0.4, -0.2) is 34.3 Å². The maximum absolute atomic E-state index is 13.2. The number of aliphatic hydroxyl groups is 1. The van der Waals surface area contributed by atoms with Crippen LogP contribution >= 0.6 is 0 Å². The fraction of sp³-hybridized carbons (Fsp3) is 0.407. The molecule has 1 atom stereocenters. The Morgan fingerprint density at radius 3 is 2.50 bits per heavy atom. The van der Waals surface area contributed by atoms with Crippen molar-refractivity contribution >= 4 is 17.4 Å². The summed E-state index contributed by atoms with van der Waals surface area (Å²) in [5.41, 5.74) is 2.54. The van der Waals surface area contributed by atoms with Gasteiger partial charge in [-0.15, -0.1) is 0 Å². The first-order valence-corrected chi connectivity index (χ1v) is 11.5. The molecule has 2 aliphatic rings. The number of hydrogen-bond donors (Lipinski definition) is 1. The smallest absolute Gasteiger partial charge is 0.295 e.